The fourth-order valence-electron chi connectivity index (χ4n) is 2.41. The summed E-state index contributed by atoms with van der Waals surface area (Å²) in [4.78, 5) is 7.86. The molecule has 1 unspecified atom stereocenters. The number of nitrogens with zero attached hydrogens (tertiary/aromatic N) is 1. The largest absolute Gasteiger partial charge is 0.379 e. The van der Waals surface area contributed by atoms with Gasteiger partial charge in [-0.15, -0.1) is 0 Å². The minimum Gasteiger partial charge on any atom is -0.379 e. The molecule has 1 aliphatic rings. The number of rotatable bonds is 3. The summed E-state index contributed by atoms with van der Waals surface area (Å²) >= 11 is 0. The van der Waals surface area contributed by atoms with Crippen molar-refractivity contribution < 1.29 is 4.74 Å². The quantitative estimate of drug-likeness (QED) is 0.883. The fraction of sp³-hybridized carbons (Fsp3) is 0.400. The van der Waals surface area contributed by atoms with Crippen LogP contribution in [0.2, 0.25) is 0 Å². The van der Waals surface area contributed by atoms with Crippen molar-refractivity contribution in [3.8, 4) is 11.3 Å². The first-order valence-corrected chi connectivity index (χ1v) is 6.73. The van der Waals surface area contributed by atoms with Crippen LogP contribution >= 0.6 is 0 Å². The van der Waals surface area contributed by atoms with Crippen LogP contribution in [0.25, 0.3) is 11.3 Å². The smallest absolute Gasteiger partial charge is 0.108 e. The van der Waals surface area contributed by atoms with Crippen LogP contribution in [0, 0.1) is 6.92 Å². The van der Waals surface area contributed by atoms with Gasteiger partial charge in [-0.2, -0.15) is 0 Å². The van der Waals surface area contributed by atoms with E-state index in [1.54, 1.807) is 0 Å². The summed E-state index contributed by atoms with van der Waals surface area (Å²) in [5.74, 6) is 1.01. The van der Waals surface area contributed by atoms with Crippen molar-refractivity contribution >= 4 is 0 Å². The zero-order valence-corrected chi connectivity index (χ0v) is 11.1. The Morgan fingerprint density at radius 1 is 1.42 bits per heavy atom. The molecule has 19 heavy (non-hydrogen) atoms. The SMILES string of the molecule is Cc1cccc(-c2cnc(CC3COCCN3)[nH]2)c1. The van der Waals surface area contributed by atoms with Crippen molar-refractivity contribution in [1.82, 2.24) is 15.3 Å². The molecule has 1 saturated heterocycles. The molecule has 2 aromatic rings. The Balaban J connectivity index is 1.72. The predicted octanol–water partition coefficient (Wildman–Crippen LogP) is 1.92. The molecule has 3 rings (SSSR count). The highest BCUT2D eigenvalue weighted by molar-refractivity contribution is 5.59. The highest BCUT2D eigenvalue weighted by Gasteiger charge is 2.15. The molecule has 1 fully saturated rings. The molecule has 1 aromatic carbocycles. The molecule has 1 aliphatic heterocycles. The maximum absolute atomic E-state index is 5.46. The van der Waals surface area contributed by atoms with Crippen molar-refractivity contribution in [2.45, 2.75) is 19.4 Å². The van der Waals surface area contributed by atoms with Crippen LogP contribution in [-0.2, 0) is 11.2 Å². The minimum absolute atomic E-state index is 0.366. The van der Waals surface area contributed by atoms with Crippen LogP contribution in [0.15, 0.2) is 30.5 Å². The van der Waals surface area contributed by atoms with Gasteiger partial charge in [0, 0.05) is 19.0 Å². The van der Waals surface area contributed by atoms with E-state index < -0.39 is 0 Å². The van der Waals surface area contributed by atoms with E-state index in [2.05, 4.69) is 46.5 Å². The lowest BCUT2D eigenvalue weighted by Crippen LogP contribution is -2.42. The summed E-state index contributed by atoms with van der Waals surface area (Å²) < 4.78 is 5.46. The Labute approximate surface area is 113 Å². The first kappa shape index (κ1) is 12.4. The lowest BCUT2D eigenvalue weighted by Gasteiger charge is -2.22. The van der Waals surface area contributed by atoms with Gasteiger partial charge in [0.15, 0.2) is 0 Å². The molecule has 2 N–H and O–H groups in total. The Morgan fingerprint density at radius 2 is 2.37 bits per heavy atom. The summed E-state index contributed by atoms with van der Waals surface area (Å²) in [5, 5.41) is 3.44. The first-order chi connectivity index (χ1) is 9.31. The molecule has 1 atom stereocenters. The molecular weight excluding hydrogens is 238 g/mol. The van der Waals surface area contributed by atoms with E-state index in [4.69, 9.17) is 4.74 Å². The molecular formula is C15H19N3O. The van der Waals surface area contributed by atoms with Crippen molar-refractivity contribution in [1.29, 1.82) is 0 Å². The lowest BCUT2D eigenvalue weighted by molar-refractivity contribution is 0.0764. The number of H-pyrrole nitrogens is 1. The molecule has 0 radical (unpaired) electrons. The minimum atomic E-state index is 0.366. The normalized spacial score (nSPS) is 19.5. The van der Waals surface area contributed by atoms with Crippen LogP contribution in [0.1, 0.15) is 11.4 Å². The highest BCUT2D eigenvalue weighted by atomic mass is 16.5. The van der Waals surface area contributed by atoms with Crippen LogP contribution in [-0.4, -0.2) is 35.8 Å². The molecule has 4 heteroatoms. The third-order valence-electron chi connectivity index (χ3n) is 3.40. The number of imidazole rings is 1. The molecule has 0 bridgehead atoms. The highest BCUT2D eigenvalue weighted by Crippen LogP contribution is 2.18. The van der Waals surface area contributed by atoms with Gasteiger partial charge in [-0.3, -0.25) is 0 Å². The number of nitrogens with one attached hydrogen (secondary N) is 2. The van der Waals surface area contributed by atoms with Crippen molar-refractivity contribution in [2.24, 2.45) is 0 Å². The van der Waals surface area contributed by atoms with Crippen LogP contribution in [0.3, 0.4) is 0 Å². The maximum atomic E-state index is 5.46. The second-order valence-corrected chi connectivity index (χ2v) is 5.04. The van der Waals surface area contributed by atoms with E-state index in [1.165, 1.54) is 11.1 Å². The number of morpholine rings is 1. The number of benzene rings is 1. The number of aromatic amines is 1. The second-order valence-electron chi connectivity index (χ2n) is 5.04. The predicted molar refractivity (Wildman–Crippen MR) is 75.1 cm³/mol. The second kappa shape index (κ2) is 5.55. The molecule has 0 aliphatic carbocycles. The van der Waals surface area contributed by atoms with Gasteiger partial charge in [0.05, 0.1) is 25.1 Å². The summed E-state index contributed by atoms with van der Waals surface area (Å²) in [5.41, 5.74) is 3.53. The number of aromatic nitrogens is 2. The van der Waals surface area contributed by atoms with Gasteiger partial charge in [-0.25, -0.2) is 4.98 Å². The molecule has 0 amide bonds. The number of aryl methyl sites for hydroxylation is 1. The van der Waals surface area contributed by atoms with Gasteiger partial charge in [0.2, 0.25) is 0 Å². The lowest BCUT2D eigenvalue weighted by atomic mass is 10.1. The summed E-state index contributed by atoms with van der Waals surface area (Å²) in [7, 11) is 0. The van der Waals surface area contributed by atoms with Gasteiger partial charge < -0.3 is 15.0 Å². The monoisotopic (exact) mass is 257 g/mol. The van der Waals surface area contributed by atoms with Crippen molar-refractivity contribution in [3.05, 3.63) is 41.9 Å². The van der Waals surface area contributed by atoms with Gasteiger partial charge in [-0.05, 0) is 18.6 Å². The van der Waals surface area contributed by atoms with Gasteiger partial charge in [-0.1, -0.05) is 23.8 Å². The number of hydrogen-bond donors (Lipinski definition) is 2. The summed E-state index contributed by atoms with van der Waals surface area (Å²) in [6.45, 7) is 4.60. The molecule has 2 heterocycles. The Morgan fingerprint density at radius 3 is 3.16 bits per heavy atom. The molecule has 0 spiro atoms. The van der Waals surface area contributed by atoms with E-state index in [-0.39, 0.29) is 0 Å². The van der Waals surface area contributed by atoms with Crippen molar-refractivity contribution in [3.63, 3.8) is 0 Å². The number of hydrogen-bond acceptors (Lipinski definition) is 3. The topological polar surface area (TPSA) is 49.9 Å². The third kappa shape index (κ3) is 3.03. The fourth-order valence-corrected chi connectivity index (χ4v) is 2.41. The standard InChI is InChI=1S/C15H19N3O/c1-11-3-2-4-12(7-11)14-9-17-15(18-14)8-13-10-19-6-5-16-13/h2-4,7,9,13,16H,5-6,8,10H2,1H3,(H,17,18). The van der Waals surface area contributed by atoms with Gasteiger partial charge in [0.1, 0.15) is 5.82 Å². The number of ether oxygens (including phenoxy) is 1. The maximum Gasteiger partial charge on any atom is 0.108 e. The summed E-state index contributed by atoms with van der Waals surface area (Å²) in [6.07, 6.45) is 2.79. The zero-order valence-electron chi connectivity index (χ0n) is 11.1. The average molecular weight is 257 g/mol. The van der Waals surface area contributed by atoms with E-state index in [0.717, 1.165) is 37.7 Å². The van der Waals surface area contributed by atoms with Gasteiger partial charge >= 0.3 is 0 Å². The van der Waals surface area contributed by atoms with E-state index in [1.807, 2.05) is 6.20 Å². The Kier molecular flexibility index (Phi) is 3.62. The van der Waals surface area contributed by atoms with Crippen LogP contribution in [0.4, 0.5) is 0 Å². The van der Waals surface area contributed by atoms with Crippen LogP contribution < -0.4 is 5.32 Å². The van der Waals surface area contributed by atoms with E-state index in [9.17, 15) is 0 Å². The molecule has 1 aromatic heterocycles. The Bertz CT molecular complexity index is 544. The molecule has 4 nitrogen and oxygen atoms in total. The molecule has 100 valence electrons. The van der Waals surface area contributed by atoms with Crippen LogP contribution in [0.5, 0.6) is 0 Å². The summed E-state index contributed by atoms with van der Waals surface area (Å²) in [6, 6.07) is 8.81. The van der Waals surface area contributed by atoms with Gasteiger partial charge in [0.25, 0.3) is 0 Å². The van der Waals surface area contributed by atoms with E-state index >= 15 is 0 Å². The Hall–Kier alpha value is -1.65. The first-order valence-electron chi connectivity index (χ1n) is 6.73. The third-order valence-corrected chi connectivity index (χ3v) is 3.40. The average Bonchev–Trinajstić information content (AvgIpc) is 2.88. The molecule has 0 saturated carbocycles. The van der Waals surface area contributed by atoms with E-state index in [0.29, 0.717) is 6.04 Å². The zero-order chi connectivity index (χ0) is 13.1. The van der Waals surface area contributed by atoms with Crippen molar-refractivity contribution in [2.75, 3.05) is 19.8 Å².